The first-order chi connectivity index (χ1) is 12.4. The number of rotatable bonds is 2. The second-order valence-electron chi connectivity index (χ2n) is 7.55. The Labute approximate surface area is 159 Å². The van der Waals surface area contributed by atoms with Gasteiger partial charge in [-0.05, 0) is 30.2 Å². The maximum absolute atomic E-state index is 12.9. The Hall–Kier alpha value is -1.31. The zero-order valence-electron chi connectivity index (χ0n) is 14.6. The Balaban J connectivity index is 1.34. The summed E-state index contributed by atoms with van der Waals surface area (Å²) in [7, 11) is -2.85. The van der Waals surface area contributed by atoms with Crippen molar-refractivity contribution in [1.29, 1.82) is 0 Å². The van der Waals surface area contributed by atoms with Gasteiger partial charge in [-0.1, -0.05) is 11.6 Å². The lowest BCUT2D eigenvalue weighted by molar-refractivity contribution is -0.925. The summed E-state index contributed by atoms with van der Waals surface area (Å²) in [5.74, 6) is 1.38. The summed E-state index contributed by atoms with van der Waals surface area (Å²) >= 11 is 6.05. The van der Waals surface area contributed by atoms with E-state index in [0.29, 0.717) is 42.6 Å². The van der Waals surface area contributed by atoms with Crippen LogP contribution in [0.25, 0.3) is 0 Å². The van der Waals surface area contributed by atoms with Gasteiger partial charge in [0.05, 0.1) is 37.8 Å². The smallest absolute Gasteiger partial charge is 0.229 e. The van der Waals surface area contributed by atoms with Crippen LogP contribution < -0.4 is 9.64 Å². The molecule has 0 aromatic heterocycles. The molecule has 1 aromatic rings. The first-order valence-corrected chi connectivity index (χ1v) is 11.4. The molecule has 2 fully saturated rings. The molecule has 6 nitrogen and oxygen atoms in total. The topological polar surface area (TPSA) is 68.1 Å². The van der Waals surface area contributed by atoms with Crippen LogP contribution in [-0.4, -0.2) is 69.6 Å². The minimum Gasteiger partial charge on any atom is -0.492 e. The summed E-state index contributed by atoms with van der Waals surface area (Å²) in [4.78, 5) is 16.1. The lowest BCUT2D eigenvalue weighted by Gasteiger charge is -2.37. The number of quaternary nitrogens is 1. The Morgan fingerprint density at radius 3 is 2.73 bits per heavy atom. The first kappa shape index (κ1) is 18.1. The van der Waals surface area contributed by atoms with E-state index in [2.05, 4.69) is 0 Å². The monoisotopic (exact) mass is 399 g/mol. The minimum absolute atomic E-state index is 0.133. The van der Waals surface area contributed by atoms with Crippen LogP contribution in [-0.2, 0) is 21.1 Å². The molecule has 1 N–H and O–H groups in total. The standard InChI is InChI=1S/C18H23ClN2O4S/c19-15-1-2-17-13(10-15)9-14(11-25-17)18(22)21-6-4-20(5-7-21)16-3-8-26(23,24)12-16/h1-2,10,14,16H,3-9,11-12H2/p+1/t14-,16-/m0/s1. The van der Waals surface area contributed by atoms with Crippen LogP contribution in [0.5, 0.6) is 5.75 Å². The molecule has 0 saturated carbocycles. The van der Waals surface area contributed by atoms with E-state index in [1.165, 1.54) is 4.90 Å². The Bertz CT molecular complexity index is 805. The quantitative estimate of drug-likeness (QED) is 0.748. The molecule has 2 saturated heterocycles. The summed E-state index contributed by atoms with van der Waals surface area (Å²) in [6.07, 6.45) is 1.41. The lowest BCUT2D eigenvalue weighted by Crippen LogP contribution is -3.18. The van der Waals surface area contributed by atoms with Gasteiger partial charge in [0, 0.05) is 11.4 Å². The van der Waals surface area contributed by atoms with Gasteiger partial charge in [-0.2, -0.15) is 0 Å². The molecule has 0 radical (unpaired) electrons. The average Bonchev–Trinajstić information content (AvgIpc) is 3.00. The van der Waals surface area contributed by atoms with Crippen LogP contribution in [0.15, 0.2) is 18.2 Å². The molecule has 142 valence electrons. The highest BCUT2D eigenvalue weighted by molar-refractivity contribution is 7.91. The number of nitrogens with zero attached hydrogens (tertiary/aromatic N) is 1. The molecule has 0 aliphatic carbocycles. The van der Waals surface area contributed by atoms with Crippen LogP contribution >= 0.6 is 11.6 Å². The van der Waals surface area contributed by atoms with Gasteiger partial charge < -0.3 is 14.5 Å². The zero-order valence-corrected chi connectivity index (χ0v) is 16.2. The maximum Gasteiger partial charge on any atom is 0.229 e. The molecule has 1 aromatic carbocycles. The fourth-order valence-electron chi connectivity index (χ4n) is 4.32. The predicted molar refractivity (Wildman–Crippen MR) is 98.5 cm³/mol. The summed E-state index contributed by atoms with van der Waals surface area (Å²) in [6, 6.07) is 5.73. The van der Waals surface area contributed by atoms with Crippen molar-refractivity contribution in [3.63, 3.8) is 0 Å². The van der Waals surface area contributed by atoms with Crippen LogP contribution in [0.2, 0.25) is 5.02 Å². The van der Waals surface area contributed by atoms with Gasteiger partial charge in [0.2, 0.25) is 5.91 Å². The number of carbonyl (C=O) groups is 1. The summed E-state index contributed by atoms with van der Waals surface area (Å²) in [6.45, 7) is 3.42. The molecule has 0 unspecified atom stereocenters. The van der Waals surface area contributed by atoms with Gasteiger partial charge in [0.15, 0.2) is 9.84 Å². The second kappa shape index (κ2) is 7.02. The third kappa shape index (κ3) is 3.70. The van der Waals surface area contributed by atoms with Crippen LogP contribution in [0.1, 0.15) is 12.0 Å². The molecule has 0 bridgehead atoms. The van der Waals surface area contributed by atoms with Crippen LogP contribution in [0.3, 0.4) is 0 Å². The van der Waals surface area contributed by atoms with Gasteiger partial charge in [-0.3, -0.25) is 4.79 Å². The fraction of sp³-hybridized carbons (Fsp3) is 0.611. The number of hydrogen-bond donors (Lipinski definition) is 1. The average molecular weight is 400 g/mol. The third-order valence-electron chi connectivity index (χ3n) is 5.81. The molecule has 3 aliphatic rings. The van der Waals surface area contributed by atoms with Gasteiger partial charge in [-0.25, -0.2) is 8.42 Å². The molecule has 1 amide bonds. The Morgan fingerprint density at radius 1 is 1.27 bits per heavy atom. The van der Waals surface area contributed by atoms with Gasteiger partial charge in [0.1, 0.15) is 24.2 Å². The highest BCUT2D eigenvalue weighted by Gasteiger charge is 2.38. The molecule has 3 aliphatic heterocycles. The van der Waals surface area contributed by atoms with E-state index in [9.17, 15) is 13.2 Å². The number of halogens is 1. The normalized spacial score (nSPS) is 28.4. The first-order valence-electron chi connectivity index (χ1n) is 9.16. The number of benzene rings is 1. The van der Waals surface area contributed by atoms with Crippen molar-refractivity contribution in [2.75, 3.05) is 44.3 Å². The van der Waals surface area contributed by atoms with Crippen LogP contribution in [0, 0.1) is 5.92 Å². The zero-order chi connectivity index (χ0) is 18.3. The molecule has 3 heterocycles. The molecular weight excluding hydrogens is 376 g/mol. The molecule has 8 heteroatoms. The number of carbonyl (C=O) groups excluding carboxylic acids is 1. The molecule has 4 rings (SSSR count). The summed E-state index contributed by atoms with van der Waals surface area (Å²) in [5.41, 5.74) is 0.988. The SMILES string of the molecule is O=C([C@@H]1COc2ccc(Cl)cc2C1)N1CC[NH+]([C@H]2CCS(=O)(=O)C2)CC1. The molecule has 2 atom stereocenters. The minimum atomic E-state index is -2.85. The van der Waals surface area contributed by atoms with Crippen molar-refractivity contribution in [3.8, 4) is 5.75 Å². The Morgan fingerprint density at radius 2 is 2.04 bits per heavy atom. The predicted octanol–water partition coefficient (Wildman–Crippen LogP) is -0.195. The van der Waals surface area contributed by atoms with Crippen molar-refractivity contribution in [1.82, 2.24) is 4.90 Å². The van der Waals surface area contributed by atoms with E-state index in [-0.39, 0.29) is 17.9 Å². The molecular formula is C18H24ClN2O4S+. The number of sulfone groups is 1. The number of hydrogen-bond acceptors (Lipinski definition) is 4. The third-order valence-corrected chi connectivity index (χ3v) is 7.81. The van der Waals surface area contributed by atoms with Gasteiger partial charge in [0.25, 0.3) is 0 Å². The number of fused-ring (bicyclic) bond motifs is 1. The van der Waals surface area contributed by atoms with Gasteiger partial charge in [-0.15, -0.1) is 0 Å². The van der Waals surface area contributed by atoms with E-state index < -0.39 is 9.84 Å². The van der Waals surface area contributed by atoms with Gasteiger partial charge >= 0.3 is 0 Å². The summed E-state index contributed by atoms with van der Waals surface area (Å²) < 4.78 is 29.1. The number of ether oxygens (including phenoxy) is 1. The maximum atomic E-state index is 12.9. The van der Waals surface area contributed by atoms with Crippen molar-refractivity contribution in [2.45, 2.75) is 18.9 Å². The highest BCUT2D eigenvalue weighted by atomic mass is 35.5. The van der Waals surface area contributed by atoms with E-state index in [1.807, 2.05) is 17.0 Å². The number of nitrogens with one attached hydrogen (secondary N) is 1. The lowest BCUT2D eigenvalue weighted by atomic mass is 9.95. The largest absolute Gasteiger partial charge is 0.492 e. The summed E-state index contributed by atoms with van der Waals surface area (Å²) in [5, 5.41) is 0.657. The number of piperazine rings is 1. The Kier molecular flexibility index (Phi) is 4.88. The van der Waals surface area contributed by atoms with E-state index >= 15 is 0 Å². The van der Waals surface area contributed by atoms with Crippen molar-refractivity contribution in [3.05, 3.63) is 28.8 Å². The fourth-order valence-corrected chi connectivity index (χ4v) is 6.34. The molecule has 26 heavy (non-hydrogen) atoms. The highest BCUT2D eigenvalue weighted by Crippen LogP contribution is 2.30. The number of amides is 1. The van der Waals surface area contributed by atoms with Crippen LogP contribution in [0.4, 0.5) is 0 Å². The van der Waals surface area contributed by atoms with Crippen molar-refractivity contribution >= 4 is 27.3 Å². The van der Waals surface area contributed by atoms with E-state index in [0.717, 1.165) is 30.8 Å². The molecule has 0 spiro atoms. The van der Waals surface area contributed by atoms with E-state index in [4.69, 9.17) is 16.3 Å². The second-order valence-corrected chi connectivity index (χ2v) is 10.2. The van der Waals surface area contributed by atoms with E-state index in [1.54, 1.807) is 6.07 Å². The van der Waals surface area contributed by atoms with Crippen molar-refractivity contribution < 1.29 is 22.8 Å². The van der Waals surface area contributed by atoms with Crippen molar-refractivity contribution in [2.24, 2.45) is 5.92 Å².